The molecule has 0 aliphatic carbocycles. The summed E-state index contributed by atoms with van der Waals surface area (Å²) in [5.74, 6) is -0.502. The van der Waals surface area contributed by atoms with E-state index in [-0.39, 0.29) is 24.9 Å². The SMILES string of the molecule is O=C(CNc1ccc2ccccc2c1)NN=Cc1ccc(C=NNC(=O)CNc2ccc3ccccc3c2)cc1. The minimum absolute atomic E-state index is 0.106. The van der Waals surface area contributed by atoms with Crippen LogP contribution in [0.2, 0.25) is 0 Å². The Morgan fingerprint density at radius 2 is 0.925 bits per heavy atom. The van der Waals surface area contributed by atoms with E-state index in [9.17, 15) is 9.59 Å². The summed E-state index contributed by atoms with van der Waals surface area (Å²) < 4.78 is 0. The Balaban J connectivity index is 1.02. The molecular formula is C32H28N6O2. The van der Waals surface area contributed by atoms with Crippen LogP contribution < -0.4 is 21.5 Å². The molecule has 0 atom stereocenters. The van der Waals surface area contributed by atoms with Gasteiger partial charge in [-0.15, -0.1) is 0 Å². The summed E-state index contributed by atoms with van der Waals surface area (Å²) in [4.78, 5) is 24.3. The van der Waals surface area contributed by atoms with Gasteiger partial charge in [-0.2, -0.15) is 10.2 Å². The van der Waals surface area contributed by atoms with E-state index in [0.29, 0.717) is 0 Å². The van der Waals surface area contributed by atoms with E-state index in [2.05, 4.69) is 31.7 Å². The number of fused-ring (bicyclic) bond motifs is 2. The number of rotatable bonds is 10. The van der Waals surface area contributed by atoms with Gasteiger partial charge < -0.3 is 10.6 Å². The summed E-state index contributed by atoms with van der Waals surface area (Å²) in [5.41, 5.74) is 8.39. The van der Waals surface area contributed by atoms with Crippen molar-refractivity contribution in [1.82, 2.24) is 10.9 Å². The van der Waals surface area contributed by atoms with Gasteiger partial charge in [-0.05, 0) is 56.9 Å². The largest absolute Gasteiger partial charge is 0.376 e. The highest BCUT2D eigenvalue weighted by molar-refractivity contribution is 5.89. The Bertz CT molecular complexity index is 1570. The molecule has 0 aliphatic rings. The normalized spacial score (nSPS) is 11.2. The molecule has 5 aromatic carbocycles. The van der Waals surface area contributed by atoms with Crippen LogP contribution in [0.15, 0.2) is 119 Å². The van der Waals surface area contributed by atoms with Gasteiger partial charge in [0.15, 0.2) is 0 Å². The minimum atomic E-state index is -0.251. The van der Waals surface area contributed by atoms with Crippen molar-refractivity contribution in [1.29, 1.82) is 0 Å². The number of hydrogen-bond acceptors (Lipinski definition) is 6. The van der Waals surface area contributed by atoms with E-state index in [4.69, 9.17) is 0 Å². The molecule has 0 fully saturated rings. The number of carbonyl (C=O) groups excluding carboxylic acids is 2. The molecule has 0 bridgehead atoms. The van der Waals surface area contributed by atoms with Crippen LogP contribution in [-0.2, 0) is 9.59 Å². The van der Waals surface area contributed by atoms with Crippen LogP contribution in [0.5, 0.6) is 0 Å². The smallest absolute Gasteiger partial charge is 0.259 e. The average molecular weight is 529 g/mol. The van der Waals surface area contributed by atoms with Crippen LogP contribution in [0.1, 0.15) is 11.1 Å². The van der Waals surface area contributed by atoms with Gasteiger partial charge in [0.2, 0.25) is 0 Å². The number of hydrogen-bond donors (Lipinski definition) is 4. The molecule has 0 saturated heterocycles. The lowest BCUT2D eigenvalue weighted by molar-refractivity contribution is -0.120. The van der Waals surface area contributed by atoms with Crippen LogP contribution in [0.3, 0.4) is 0 Å². The zero-order valence-corrected chi connectivity index (χ0v) is 21.7. The first-order valence-electron chi connectivity index (χ1n) is 12.8. The highest BCUT2D eigenvalue weighted by Crippen LogP contribution is 2.19. The van der Waals surface area contributed by atoms with Crippen molar-refractivity contribution in [2.45, 2.75) is 0 Å². The standard InChI is InChI=1S/C32H28N6O2/c39-31(21-33-29-15-13-25-5-1-3-7-27(25)17-29)37-35-19-23-9-11-24(12-10-23)20-36-38-32(40)22-34-30-16-14-26-6-2-4-8-28(26)18-30/h1-20,33-34H,21-22H2,(H,37,39)(H,38,40). The summed E-state index contributed by atoms with van der Waals surface area (Å²) in [7, 11) is 0. The molecule has 40 heavy (non-hydrogen) atoms. The quantitative estimate of drug-likeness (QED) is 0.149. The Labute approximate surface area is 231 Å². The van der Waals surface area contributed by atoms with E-state index in [1.165, 1.54) is 0 Å². The van der Waals surface area contributed by atoms with E-state index in [1.54, 1.807) is 12.4 Å². The highest BCUT2D eigenvalue weighted by Gasteiger charge is 2.02. The lowest BCUT2D eigenvalue weighted by atomic mass is 10.1. The van der Waals surface area contributed by atoms with Crippen LogP contribution >= 0.6 is 0 Å². The van der Waals surface area contributed by atoms with E-state index >= 15 is 0 Å². The van der Waals surface area contributed by atoms with Crippen molar-refractivity contribution in [3.8, 4) is 0 Å². The fraction of sp³-hybridized carbons (Fsp3) is 0.0625. The summed E-state index contributed by atoms with van der Waals surface area (Å²) in [5, 5.41) is 18.8. The van der Waals surface area contributed by atoms with E-state index < -0.39 is 0 Å². The van der Waals surface area contributed by atoms with Gasteiger partial charge in [0, 0.05) is 11.4 Å². The van der Waals surface area contributed by atoms with Gasteiger partial charge in [-0.3, -0.25) is 9.59 Å². The van der Waals surface area contributed by atoms with Gasteiger partial charge >= 0.3 is 0 Å². The third-order valence-corrected chi connectivity index (χ3v) is 6.15. The fourth-order valence-corrected chi connectivity index (χ4v) is 4.07. The predicted octanol–water partition coefficient (Wildman–Crippen LogP) is 5.12. The Kier molecular flexibility index (Phi) is 8.38. The van der Waals surface area contributed by atoms with Gasteiger partial charge in [-0.1, -0.05) is 84.9 Å². The number of hydrazone groups is 2. The van der Waals surface area contributed by atoms with Crippen molar-refractivity contribution in [2.24, 2.45) is 10.2 Å². The minimum Gasteiger partial charge on any atom is -0.376 e. The van der Waals surface area contributed by atoms with E-state index in [1.807, 2.05) is 109 Å². The molecule has 4 N–H and O–H groups in total. The van der Waals surface area contributed by atoms with Gasteiger partial charge in [0.1, 0.15) is 0 Å². The van der Waals surface area contributed by atoms with Crippen LogP contribution in [-0.4, -0.2) is 37.3 Å². The second-order valence-corrected chi connectivity index (χ2v) is 9.08. The molecule has 0 unspecified atom stereocenters. The fourth-order valence-electron chi connectivity index (χ4n) is 4.07. The monoisotopic (exact) mass is 528 g/mol. The molecule has 8 nitrogen and oxygen atoms in total. The molecule has 0 saturated carbocycles. The van der Waals surface area contributed by atoms with Gasteiger partial charge in [0.25, 0.3) is 11.8 Å². The number of benzene rings is 5. The molecule has 0 spiro atoms. The number of nitrogens with zero attached hydrogens (tertiary/aromatic N) is 2. The third-order valence-electron chi connectivity index (χ3n) is 6.15. The number of anilines is 2. The number of nitrogens with one attached hydrogen (secondary N) is 4. The Morgan fingerprint density at radius 3 is 1.35 bits per heavy atom. The lowest BCUT2D eigenvalue weighted by Gasteiger charge is -2.07. The maximum atomic E-state index is 12.1. The zero-order valence-electron chi connectivity index (χ0n) is 21.7. The average Bonchev–Trinajstić information content (AvgIpc) is 2.99. The van der Waals surface area contributed by atoms with E-state index in [0.717, 1.165) is 44.0 Å². The second kappa shape index (κ2) is 12.8. The molecule has 5 rings (SSSR count). The molecule has 0 radical (unpaired) electrons. The maximum absolute atomic E-state index is 12.1. The first-order chi connectivity index (χ1) is 19.6. The first-order valence-corrected chi connectivity index (χ1v) is 12.8. The first kappa shape index (κ1) is 26.1. The summed E-state index contributed by atoms with van der Waals surface area (Å²) in [6, 6.07) is 35.4. The molecule has 0 aliphatic heterocycles. The predicted molar refractivity (Wildman–Crippen MR) is 163 cm³/mol. The molecule has 2 amide bonds. The molecule has 0 heterocycles. The topological polar surface area (TPSA) is 107 Å². The van der Waals surface area contributed by atoms with Gasteiger partial charge in [-0.25, -0.2) is 10.9 Å². The number of amides is 2. The number of carbonyl (C=O) groups is 2. The van der Waals surface area contributed by atoms with Gasteiger partial charge in [0.05, 0.1) is 25.5 Å². The molecule has 198 valence electrons. The molecule has 8 heteroatoms. The third kappa shape index (κ3) is 7.29. The summed E-state index contributed by atoms with van der Waals surface area (Å²) in [6.07, 6.45) is 3.13. The van der Waals surface area contributed by atoms with Crippen molar-refractivity contribution in [3.63, 3.8) is 0 Å². The summed E-state index contributed by atoms with van der Waals surface area (Å²) in [6.45, 7) is 0.211. The van der Waals surface area contributed by atoms with Crippen LogP contribution in [0, 0.1) is 0 Å². The maximum Gasteiger partial charge on any atom is 0.259 e. The van der Waals surface area contributed by atoms with Crippen LogP contribution in [0.25, 0.3) is 21.5 Å². The van der Waals surface area contributed by atoms with Crippen molar-refractivity contribution in [2.75, 3.05) is 23.7 Å². The Hall–Kier alpha value is -5.50. The Morgan fingerprint density at radius 1 is 0.525 bits per heavy atom. The lowest BCUT2D eigenvalue weighted by Crippen LogP contribution is -2.25. The van der Waals surface area contributed by atoms with Crippen molar-refractivity contribution < 1.29 is 9.59 Å². The van der Waals surface area contributed by atoms with Crippen molar-refractivity contribution >= 4 is 57.2 Å². The highest BCUT2D eigenvalue weighted by atomic mass is 16.2. The van der Waals surface area contributed by atoms with Crippen LogP contribution in [0.4, 0.5) is 11.4 Å². The molecule has 0 aromatic heterocycles. The van der Waals surface area contributed by atoms with Crippen molar-refractivity contribution in [3.05, 3.63) is 120 Å². The zero-order chi connectivity index (χ0) is 27.6. The molecular weight excluding hydrogens is 500 g/mol. The molecule has 5 aromatic rings. The summed E-state index contributed by atoms with van der Waals surface area (Å²) >= 11 is 0. The second-order valence-electron chi connectivity index (χ2n) is 9.08.